The monoisotopic (exact) mass is 258 g/mol. The van der Waals surface area contributed by atoms with Crippen LogP contribution in [0.25, 0.3) is 10.1 Å². The molecular formula is C15H18N2S. The highest BCUT2D eigenvalue weighted by Gasteiger charge is 2.39. The minimum Gasteiger partial charge on any atom is -0.300 e. The topological polar surface area (TPSA) is 16.1 Å². The van der Waals surface area contributed by atoms with Crippen molar-refractivity contribution in [2.75, 3.05) is 13.1 Å². The molecule has 4 atom stereocenters. The summed E-state index contributed by atoms with van der Waals surface area (Å²) in [7, 11) is 0. The summed E-state index contributed by atoms with van der Waals surface area (Å²) in [5, 5.41) is 1.39. The van der Waals surface area contributed by atoms with Gasteiger partial charge in [0.1, 0.15) is 0 Å². The predicted octanol–water partition coefficient (Wildman–Crippen LogP) is 3.49. The van der Waals surface area contributed by atoms with Crippen molar-refractivity contribution >= 4 is 21.6 Å². The number of benzene rings is 1. The van der Waals surface area contributed by atoms with E-state index in [0.717, 1.165) is 12.0 Å². The largest absolute Gasteiger partial charge is 0.300 e. The van der Waals surface area contributed by atoms with E-state index in [1.165, 1.54) is 41.7 Å². The van der Waals surface area contributed by atoms with Gasteiger partial charge < -0.3 is 0 Å². The Balaban J connectivity index is 1.72. The van der Waals surface area contributed by atoms with Crippen LogP contribution in [-0.2, 0) is 0 Å². The summed E-state index contributed by atoms with van der Waals surface area (Å²) in [6.45, 7) is 4.91. The Bertz CT molecular complexity index is 563. The SMILES string of the molecule is CC1C2CCN1CC(c1nsc3ccccc13)C2. The van der Waals surface area contributed by atoms with Gasteiger partial charge in [0, 0.05) is 23.9 Å². The summed E-state index contributed by atoms with van der Waals surface area (Å²) in [5.41, 5.74) is 1.36. The molecule has 2 aromatic rings. The molecular weight excluding hydrogens is 240 g/mol. The Morgan fingerprint density at radius 2 is 2.22 bits per heavy atom. The number of hydrogen-bond donors (Lipinski definition) is 0. The van der Waals surface area contributed by atoms with Crippen LogP contribution in [-0.4, -0.2) is 28.4 Å². The quantitative estimate of drug-likeness (QED) is 0.778. The molecule has 18 heavy (non-hydrogen) atoms. The zero-order valence-corrected chi connectivity index (χ0v) is 11.5. The zero-order chi connectivity index (χ0) is 12.1. The van der Waals surface area contributed by atoms with Crippen molar-refractivity contribution in [3.05, 3.63) is 30.0 Å². The van der Waals surface area contributed by atoms with Crippen molar-refractivity contribution in [3.8, 4) is 0 Å². The van der Waals surface area contributed by atoms with E-state index in [1.807, 2.05) is 0 Å². The van der Waals surface area contributed by atoms with Gasteiger partial charge in [-0.3, -0.25) is 4.90 Å². The van der Waals surface area contributed by atoms with E-state index < -0.39 is 0 Å². The molecule has 2 nitrogen and oxygen atoms in total. The van der Waals surface area contributed by atoms with E-state index in [-0.39, 0.29) is 0 Å². The Morgan fingerprint density at radius 3 is 3.11 bits per heavy atom. The van der Waals surface area contributed by atoms with Gasteiger partial charge in [0.05, 0.1) is 10.4 Å². The molecule has 2 saturated heterocycles. The summed E-state index contributed by atoms with van der Waals surface area (Å²) < 4.78 is 6.10. The molecule has 0 saturated carbocycles. The maximum Gasteiger partial charge on any atom is 0.0664 e. The normalized spacial score (nSPS) is 35.2. The fourth-order valence-corrected chi connectivity index (χ4v) is 4.62. The van der Waals surface area contributed by atoms with Gasteiger partial charge in [-0.2, -0.15) is 4.37 Å². The minimum atomic E-state index is 0.657. The van der Waals surface area contributed by atoms with Gasteiger partial charge in [-0.25, -0.2) is 0 Å². The van der Waals surface area contributed by atoms with Crippen LogP contribution in [0.2, 0.25) is 0 Å². The first kappa shape index (κ1) is 10.9. The zero-order valence-electron chi connectivity index (χ0n) is 10.7. The van der Waals surface area contributed by atoms with E-state index in [9.17, 15) is 0 Å². The van der Waals surface area contributed by atoms with Crippen molar-refractivity contribution in [1.29, 1.82) is 0 Å². The van der Waals surface area contributed by atoms with Gasteiger partial charge >= 0.3 is 0 Å². The smallest absolute Gasteiger partial charge is 0.0664 e. The molecule has 0 radical (unpaired) electrons. The maximum atomic E-state index is 4.76. The molecule has 1 aromatic heterocycles. The van der Waals surface area contributed by atoms with E-state index in [2.05, 4.69) is 36.1 Å². The lowest BCUT2D eigenvalue weighted by Gasteiger charge is -2.35. The lowest BCUT2D eigenvalue weighted by atomic mass is 9.84. The first-order valence-corrected chi connectivity index (χ1v) is 7.68. The molecule has 0 spiro atoms. The van der Waals surface area contributed by atoms with Crippen molar-refractivity contribution in [2.45, 2.75) is 31.7 Å². The van der Waals surface area contributed by atoms with Crippen molar-refractivity contribution in [3.63, 3.8) is 0 Å². The predicted molar refractivity (Wildman–Crippen MR) is 76.1 cm³/mol. The molecule has 0 aliphatic carbocycles. The van der Waals surface area contributed by atoms with E-state index in [4.69, 9.17) is 4.37 Å². The van der Waals surface area contributed by atoms with Crippen LogP contribution >= 0.6 is 11.5 Å². The van der Waals surface area contributed by atoms with Crippen LogP contribution in [0.4, 0.5) is 0 Å². The van der Waals surface area contributed by atoms with Gasteiger partial charge in [-0.05, 0) is 49.8 Å². The minimum absolute atomic E-state index is 0.657. The van der Waals surface area contributed by atoms with Gasteiger partial charge in [0.15, 0.2) is 0 Å². The highest BCUT2D eigenvalue weighted by molar-refractivity contribution is 7.13. The van der Waals surface area contributed by atoms with Crippen LogP contribution in [0.5, 0.6) is 0 Å². The summed E-state index contributed by atoms with van der Waals surface area (Å²) in [6.07, 6.45) is 2.73. The summed E-state index contributed by atoms with van der Waals surface area (Å²) >= 11 is 1.66. The molecule has 2 aliphatic heterocycles. The number of aromatic nitrogens is 1. The third kappa shape index (κ3) is 1.54. The molecule has 4 rings (SSSR count). The van der Waals surface area contributed by atoms with Crippen molar-refractivity contribution in [2.24, 2.45) is 5.92 Å². The fourth-order valence-electron chi connectivity index (χ4n) is 3.77. The Kier molecular flexibility index (Phi) is 2.45. The molecule has 3 heteroatoms. The van der Waals surface area contributed by atoms with Crippen LogP contribution in [0.15, 0.2) is 24.3 Å². The van der Waals surface area contributed by atoms with Crippen molar-refractivity contribution in [1.82, 2.24) is 9.27 Å². The number of fused-ring (bicyclic) bond motifs is 3. The Morgan fingerprint density at radius 1 is 1.33 bits per heavy atom. The van der Waals surface area contributed by atoms with Crippen LogP contribution in [0, 0.1) is 5.92 Å². The molecule has 2 fully saturated rings. The van der Waals surface area contributed by atoms with Crippen molar-refractivity contribution < 1.29 is 0 Å². The highest BCUT2D eigenvalue weighted by Crippen LogP contribution is 2.42. The van der Waals surface area contributed by atoms with E-state index in [0.29, 0.717) is 5.92 Å². The summed E-state index contributed by atoms with van der Waals surface area (Å²) in [5.74, 6) is 1.55. The second kappa shape index (κ2) is 4.04. The molecule has 0 N–H and O–H groups in total. The van der Waals surface area contributed by atoms with E-state index in [1.54, 1.807) is 11.5 Å². The summed E-state index contributed by atoms with van der Waals surface area (Å²) in [4.78, 5) is 2.66. The van der Waals surface area contributed by atoms with Crippen LogP contribution in [0.3, 0.4) is 0 Å². The molecule has 1 aromatic carbocycles. The third-order valence-corrected chi connectivity index (χ3v) is 5.72. The van der Waals surface area contributed by atoms with Gasteiger partial charge in [0.2, 0.25) is 0 Å². The third-order valence-electron chi connectivity index (χ3n) is 4.88. The first-order valence-electron chi connectivity index (χ1n) is 6.91. The van der Waals surface area contributed by atoms with Gasteiger partial charge in [-0.15, -0.1) is 0 Å². The number of rotatable bonds is 1. The molecule has 4 unspecified atom stereocenters. The van der Waals surface area contributed by atoms with E-state index >= 15 is 0 Å². The van der Waals surface area contributed by atoms with Crippen LogP contribution in [0.1, 0.15) is 31.4 Å². The highest BCUT2D eigenvalue weighted by atomic mass is 32.1. The Labute approximate surface area is 112 Å². The maximum absolute atomic E-state index is 4.76. The molecule has 94 valence electrons. The molecule has 2 bridgehead atoms. The number of hydrogen-bond acceptors (Lipinski definition) is 3. The average molecular weight is 258 g/mol. The molecule has 2 aliphatic rings. The second-order valence-corrected chi connectivity index (χ2v) is 6.59. The Hall–Kier alpha value is -0.930. The fraction of sp³-hybridized carbons (Fsp3) is 0.533. The van der Waals surface area contributed by atoms with Gasteiger partial charge in [0.25, 0.3) is 0 Å². The first-order chi connectivity index (χ1) is 8.83. The number of piperidine rings is 1. The molecule has 3 heterocycles. The average Bonchev–Trinajstić information content (AvgIpc) is 2.88. The second-order valence-electron chi connectivity index (χ2n) is 5.78. The standard InChI is InChI=1S/C15H18N2S/c1-10-11-6-7-17(10)9-12(8-11)15-13-4-2-3-5-14(13)18-16-15/h2-5,10-12H,6-9H2,1H3. The summed E-state index contributed by atoms with van der Waals surface area (Å²) in [6, 6.07) is 9.48. The van der Waals surface area contributed by atoms with Gasteiger partial charge in [-0.1, -0.05) is 18.2 Å². The molecule has 0 amide bonds. The van der Waals surface area contributed by atoms with Crippen LogP contribution < -0.4 is 0 Å². The lowest BCUT2D eigenvalue weighted by molar-refractivity contribution is 0.170. The number of nitrogens with zero attached hydrogens (tertiary/aromatic N) is 2. The lowest BCUT2D eigenvalue weighted by Crippen LogP contribution is -2.39.